The van der Waals surface area contributed by atoms with E-state index in [0.717, 1.165) is 0 Å². The van der Waals surface area contributed by atoms with Crippen LogP contribution < -0.4 is 10.6 Å². The van der Waals surface area contributed by atoms with Gasteiger partial charge in [0.2, 0.25) is 0 Å². The van der Waals surface area contributed by atoms with E-state index in [1.165, 1.54) is 16.3 Å². The number of hydrogen-bond donors (Lipinski definition) is 2. The minimum atomic E-state index is 0.185. The van der Waals surface area contributed by atoms with Gasteiger partial charge in [-0.3, -0.25) is 0 Å². The van der Waals surface area contributed by atoms with Gasteiger partial charge in [0.15, 0.2) is 5.11 Å². The van der Waals surface area contributed by atoms with Crippen molar-refractivity contribution in [1.29, 1.82) is 0 Å². The van der Waals surface area contributed by atoms with Crippen molar-refractivity contribution in [2.24, 2.45) is 0 Å². The van der Waals surface area contributed by atoms with Crippen molar-refractivity contribution in [1.82, 2.24) is 10.6 Å². The van der Waals surface area contributed by atoms with Crippen LogP contribution in [0.3, 0.4) is 0 Å². The molecule has 0 heterocycles. The number of hydrogen-bond acceptors (Lipinski definition) is 1. The average Bonchev–Trinajstić information content (AvgIpc) is 2.36. The zero-order chi connectivity index (χ0) is 13.8. The Morgan fingerprint density at radius 2 is 1.63 bits per heavy atom. The Bertz CT molecular complexity index is 572. The standard InChI is InChI=1S/C16H20N2S/c1-11(2)17-16(19)18-12(3)14-10-6-8-13-7-4-5-9-15(13)14/h4-12H,1-3H3,(H2,17,18,19)/t12-/m0/s1. The second-order valence-electron chi connectivity index (χ2n) is 5.06. The molecular weight excluding hydrogens is 252 g/mol. The summed E-state index contributed by atoms with van der Waals surface area (Å²) < 4.78 is 0. The van der Waals surface area contributed by atoms with E-state index >= 15 is 0 Å². The van der Waals surface area contributed by atoms with Gasteiger partial charge in [0.1, 0.15) is 0 Å². The fraction of sp³-hybridized carbons (Fsp3) is 0.312. The first-order chi connectivity index (χ1) is 9.08. The van der Waals surface area contributed by atoms with Crippen LogP contribution in [-0.2, 0) is 0 Å². The highest BCUT2D eigenvalue weighted by Crippen LogP contribution is 2.23. The van der Waals surface area contributed by atoms with Crippen LogP contribution in [0.2, 0.25) is 0 Å². The van der Waals surface area contributed by atoms with Crippen LogP contribution in [-0.4, -0.2) is 11.2 Å². The molecule has 2 aromatic rings. The Kier molecular flexibility index (Phi) is 4.38. The van der Waals surface area contributed by atoms with E-state index in [9.17, 15) is 0 Å². The Labute approximate surface area is 120 Å². The summed E-state index contributed by atoms with van der Waals surface area (Å²) in [6.07, 6.45) is 0. The fourth-order valence-corrected chi connectivity index (χ4v) is 2.62. The largest absolute Gasteiger partial charge is 0.361 e. The van der Waals surface area contributed by atoms with E-state index in [0.29, 0.717) is 11.2 Å². The molecule has 19 heavy (non-hydrogen) atoms. The van der Waals surface area contributed by atoms with Gasteiger partial charge >= 0.3 is 0 Å². The molecule has 2 rings (SSSR count). The SMILES string of the molecule is CC(C)NC(=S)N[C@@H](C)c1cccc2ccccc12. The van der Waals surface area contributed by atoms with Gasteiger partial charge in [-0.05, 0) is 49.3 Å². The molecule has 0 aliphatic carbocycles. The lowest BCUT2D eigenvalue weighted by molar-refractivity contribution is 0.666. The normalized spacial score (nSPS) is 12.4. The predicted molar refractivity (Wildman–Crippen MR) is 86.4 cm³/mol. The van der Waals surface area contributed by atoms with Gasteiger partial charge in [0.25, 0.3) is 0 Å². The van der Waals surface area contributed by atoms with Crippen LogP contribution in [0.25, 0.3) is 10.8 Å². The maximum Gasteiger partial charge on any atom is 0.166 e. The highest BCUT2D eigenvalue weighted by atomic mass is 32.1. The summed E-state index contributed by atoms with van der Waals surface area (Å²) in [4.78, 5) is 0. The zero-order valence-electron chi connectivity index (χ0n) is 11.6. The van der Waals surface area contributed by atoms with Crippen molar-refractivity contribution < 1.29 is 0 Å². The van der Waals surface area contributed by atoms with Crippen molar-refractivity contribution in [2.45, 2.75) is 32.9 Å². The monoisotopic (exact) mass is 272 g/mol. The van der Waals surface area contributed by atoms with Gasteiger partial charge in [-0.2, -0.15) is 0 Å². The van der Waals surface area contributed by atoms with Gasteiger partial charge in [0.05, 0.1) is 6.04 Å². The third-order valence-corrected chi connectivity index (χ3v) is 3.29. The molecule has 1 atom stereocenters. The number of nitrogens with one attached hydrogen (secondary N) is 2. The molecule has 0 fully saturated rings. The Morgan fingerprint density at radius 3 is 2.37 bits per heavy atom. The first kappa shape index (κ1) is 13.8. The Morgan fingerprint density at radius 1 is 0.947 bits per heavy atom. The molecule has 3 heteroatoms. The lowest BCUT2D eigenvalue weighted by atomic mass is 10.00. The number of benzene rings is 2. The number of rotatable bonds is 3. The van der Waals surface area contributed by atoms with Gasteiger partial charge in [-0.1, -0.05) is 42.5 Å². The van der Waals surface area contributed by atoms with Crippen molar-refractivity contribution in [3.05, 3.63) is 48.0 Å². The second kappa shape index (κ2) is 6.02. The molecule has 100 valence electrons. The predicted octanol–water partition coefficient (Wildman–Crippen LogP) is 3.77. The van der Waals surface area contributed by atoms with Crippen molar-refractivity contribution in [3.63, 3.8) is 0 Å². The summed E-state index contributed by atoms with van der Waals surface area (Å²) in [5.41, 5.74) is 1.27. The molecule has 2 nitrogen and oxygen atoms in total. The van der Waals surface area contributed by atoms with E-state index in [1.807, 2.05) is 0 Å². The molecule has 0 spiro atoms. The van der Waals surface area contributed by atoms with Gasteiger partial charge < -0.3 is 10.6 Å². The Balaban J connectivity index is 2.22. The molecule has 0 bridgehead atoms. The second-order valence-corrected chi connectivity index (χ2v) is 5.47. The third kappa shape index (κ3) is 3.44. The smallest absolute Gasteiger partial charge is 0.166 e. The van der Waals surface area contributed by atoms with Crippen LogP contribution in [0.15, 0.2) is 42.5 Å². The van der Waals surface area contributed by atoms with Crippen molar-refractivity contribution in [3.8, 4) is 0 Å². The molecule has 0 unspecified atom stereocenters. The molecule has 0 saturated heterocycles. The van der Waals surface area contributed by atoms with Crippen LogP contribution in [0, 0.1) is 0 Å². The quantitative estimate of drug-likeness (QED) is 0.832. The minimum absolute atomic E-state index is 0.185. The molecular formula is C16H20N2S. The van der Waals surface area contributed by atoms with Crippen LogP contribution in [0.4, 0.5) is 0 Å². The van der Waals surface area contributed by atoms with Crippen LogP contribution >= 0.6 is 12.2 Å². The molecule has 0 saturated carbocycles. The first-order valence-corrected chi connectivity index (χ1v) is 7.03. The molecule has 0 aliphatic rings. The lowest BCUT2D eigenvalue weighted by Crippen LogP contribution is -2.40. The lowest BCUT2D eigenvalue weighted by Gasteiger charge is -2.20. The Hall–Kier alpha value is -1.61. The summed E-state index contributed by atoms with van der Waals surface area (Å²) in [6, 6.07) is 15.3. The van der Waals surface area contributed by atoms with Crippen LogP contribution in [0.5, 0.6) is 0 Å². The van der Waals surface area contributed by atoms with Crippen molar-refractivity contribution in [2.75, 3.05) is 0 Å². The van der Waals surface area contributed by atoms with Gasteiger partial charge in [-0.25, -0.2) is 0 Å². The van der Waals surface area contributed by atoms with E-state index in [2.05, 4.69) is 73.9 Å². The van der Waals surface area contributed by atoms with Gasteiger partial charge in [-0.15, -0.1) is 0 Å². The first-order valence-electron chi connectivity index (χ1n) is 6.62. The summed E-state index contributed by atoms with van der Waals surface area (Å²) in [5.74, 6) is 0. The van der Waals surface area contributed by atoms with E-state index in [1.54, 1.807) is 0 Å². The van der Waals surface area contributed by atoms with E-state index in [4.69, 9.17) is 12.2 Å². The summed E-state index contributed by atoms with van der Waals surface area (Å²) in [5, 5.41) is 9.79. The van der Waals surface area contributed by atoms with Gasteiger partial charge in [0, 0.05) is 6.04 Å². The summed E-state index contributed by atoms with van der Waals surface area (Å²) >= 11 is 5.31. The highest BCUT2D eigenvalue weighted by Gasteiger charge is 2.10. The van der Waals surface area contributed by atoms with Crippen LogP contribution in [0.1, 0.15) is 32.4 Å². The van der Waals surface area contributed by atoms with E-state index < -0.39 is 0 Å². The zero-order valence-corrected chi connectivity index (χ0v) is 12.4. The average molecular weight is 272 g/mol. The summed E-state index contributed by atoms with van der Waals surface area (Å²) in [6.45, 7) is 6.29. The highest BCUT2D eigenvalue weighted by molar-refractivity contribution is 7.80. The molecule has 2 aromatic carbocycles. The number of thiocarbonyl (C=S) groups is 1. The molecule has 2 N–H and O–H groups in total. The molecule has 0 aliphatic heterocycles. The third-order valence-electron chi connectivity index (χ3n) is 3.06. The van der Waals surface area contributed by atoms with Crippen molar-refractivity contribution >= 4 is 28.1 Å². The molecule has 0 amide bonds. The minimum Gasteiger partial charge on any atom is -0.361 e. The van der Waals surface area contributed by atoms with E-state index in [-0.39, 0.29) is 6.04 Å². The molecule has 0 aromatic heterocycles. The number of fused-ring (bicyclic) bond motifs is 1. The topological polar surface area (TPSA) is 24.1 Å². The fourth-order valence-electron chi connectivity index (χ4n) is 2.21. The maximum absolute atomic E-state index is 5.31. The molecule has 0 radical (unpaired) electrons. The summed E-state index contributed by atoms with van der Waals surface area (Å²) in [7, 11) is 0. The maximum atomic E-state index is 5.31.